The molecule has 2 amide bonds. The molecule has 1 saturated heterocycles. The quantitative estimate of drug-likeness (QED) is 0.691. The Hall–Kier alpha value is -1.46. The van der Waals surface area contributed by atoms with Crippen molar-refractivity contribution in [2.75, 3.05) is 24.5 Å². The topological polar surface area (TPSA) is 64.6 Å². The molecule has 1 aromatic carbocycles. The highest BCUT2D eigenvalue weighted by molar-refractivity contribution is 6.33. The molecule has 160 valence electrons. The van der Waals surface area contributed by atoms with Gasteiger partial charge in [-0.3, -0.25) is 0 Å². The van der Waals surface area contributed by atoms with E-state index in [2.05, 4.69) is 15.5 Å². The molecule has 5 saturated carbocycles. The van der Waals surface area contributed by atoms with E-state index in [4.69, 9.17) is 11.6 Å². The van der Waals surface area contributed by atoms with Crippen LogP contribution in [0.2, 0.25) is 5.02 Å². The van der Waals surface area contributed by atoms with Gasteiger partial charge in [-0.15, -0.1) is 0 Å². The second-order valence-electron chi connectivity index (χ2n) is 10.9. The van der Waals surface area contributed by atoms with Gasteiger partial charge in [0, 0.05) is 25.7 Å². The van der Waals surface area contributed by atoms with Crippen LogP contribution in [0, 0.1) is 47.3 Å². The van der Waals surface area contributed by atoms with Crippen LogP contribution in [0.25, 0.3) is 0 Å². The monoisotopic (exact) mass is 427 g/mol. The SMILES string of the molecule is O=C(NCC1(O)C2C3CC4C5C3CC2C5C41)NC1CCCN(c2ccccc2Cl)C1. The zero-order valence-electron chi connectivity index (χ0n) is 17.1. The number of amides is 2. The highest BCUT2D eigenvalue weighted by Crippen LogP contribution is 2.85. The Labute approximate surface area is 182 Å². The van der Waals surface area contributed by atoms with Crippen molar-refractivity contribution in [1.82, 2.24) is 10.6 Å². The minimum Gasteiger partial charge on any atom is -0.387 e. The van der Waals surface area contributed by atoms with Crippen molar-refractivity contribution in [3.05, 3.63) is 29.3 Å². The number of benzene rings is 1. The summed E-state index contributed by atoms with van der Waals surface area (Å²) in [5.74, 6) is 5.69. The summed E-state index contributed by atoms with van der Waals surface area (Å²) < 4.78 is 0. The van der Waals surface area contributed by atoms with Gasteiger partial charge in [-0.05, 0) is 85.2 Å². The summed E-state index contributed by atoms with van der Waals surface area (Å²) in [6, 6.07) is 7.87. The van der Waals surface area contributed by atoms with Gasteiger partial charge in [-0.2, -0.15) is 0 Å². The van der Waals surface area contributed by atoms with Crippen molar-refractivity contribution >= 4 is 23.3 Å². The number of carbonyl (C=O) groups is 1. The second-order valence-corrected chi connectivity index (χ2v) is 11.3. The van der Waals surface area contributed by atoms with E-state index in [0.29, 0.717) is 18.4 Å². The van der Waals surface area contributed by atoms with Crippen molar-refractivity contribution in [3.63, 3.8) is 0 Å². The summed E-state index contributed by atoms with van der Waals surface area (Å²) in [5.41, 5.74) is 0.384. The fraction of sp³-hybridized carbons (Fsp3) is 0.708. The standard InChI is InChI=1S/C24H30ClN3O2/c25-17-5-1-2-6-18(17)28-7-3-4-12(10-28)27-23(29)26-11-24(30)21-14-9-15-19-13(14)8-16(21)20(19)22(15)24/h1-2,5-6,12-16,19-22,30H,3-4,7-11H2,(H2,26,27,29). The van der Waals surface area contributed by atoms with Gasteiger partial charge in [0.05, 0.1) is 16.3 Å². The maximum Gasteiger partial charge on any atom is 0.315 e. The number of rotatable bonds is 4. The molecule has 1 heterocycles. The number of hydrogen-bond donors (Lipinski definition) is 3. The van der Waals surface area contributed by atoms with E-state index in [0.717, 1.165) is 72.1 Å². The lowest BCUT2D eigenvalue weighted by Gasteiger charge is -2.51. The van der Waals surface area contributed by atoms with Crippen molar-refractivity contribution in [3.8, 4) is 0 Å². The predicted molar refractivity (Wildman–Crippen MR) is 115 cm³/mol. The number of nitrogens with zero attached hydrogens (tertiary/aromatic N) is 1. The third-order valence-corrected chi connectivity index (χ3v) is 10.3. The first-order valence-electron chi connectivity index (χ1n) is 11.8. The molecule has 7 rings (SSSR count). The largest absolute Gasteiger partial charge is 0.387 e. The molecule has 1 aromatic rings. The van der Waals surface area contributed by atoms with Gasteiger partial charge in [0.15, 0.2) is 0 Å². The van der Waals surface area contributed by atoms with Gasteiger partial charge in [0.2, 0.25) is 0 Å². The number of aliphatic hydroxyl groups is 1. The minimum atomic E-state index is -0.655. The summed E-state index contributed by atoms with van der Waals surface area (Å²) in [5, 5.41) is 18.7. The van der Waals surface area contributed by atoms with Crippen LogP contribution in [-0.4, -0.2) is 42.4 Å². The number of halogens is 1. The van der Waals surface area contributed by atoms with E-state index < -0.39 is 5.60 Å². The lowest BCUT2D eigenvalue weighted by molar-refractivity contribution is -0.126. The zero-order valence-corrected chi connectivity index (χ0v) is 17.9. The number of nitrogens with one attached hydrogen (secondary N) is 2. The lowest BCUT2D eigenvalue weighted by atomic mass is 9.56. The van der Waals surface area contributed by atoms with Crippen LogP contribution in [0.15, 0.2) is 24.3 Å². The Balaban J connectivity index is 0.991. The molecule has 5 aliphatic carbocycles. The smallest absolute Gasteiger partial charge is 0.315 e. The van der Waals surface area contributed by atoms with E-state index in [-0.39, 0.29) is 12.1 Å². The Morgan fingerprint density at radius 2 is 1.93 bits per heavy atom. The molecule has 0 spiro atoms. The summed E-state index contributed by atoms with van der Waals surface area (Å²) in [7, 11) is 0. The van der Waals surface area contributed by atoms with Crippen LogP contribution in [0.1, 0.15) is 25.7 Å². The number of piperidine rings is 1. The van der Waals surface area contributed by atoms with Crippen molar-refractivity contribution in [2.45, 2.75) is 37.3 Å². The molecule has 6 aliphatic rings. The number of urea groups is 1. The Morgan fingerprint density at radius 1 is 1.13 bits per heavy atom. The minimum absolute atomic E-state index is 0.0989. The van der Waals surface area contributed by atoms with E-state index in [1.54, 1.807) is 0 Å². The van der Waals surface area contributed by atoms with Crippen LogP contribution < -0.4 is 15.5 Å². The first-order valence-corrected chi connectivity index (χ1v) is 12.2. The van der Waals surface area contributed by atoms with E-state index in [9.17, 15) is 9.90 Å². The molecule has 5 nitrogen and oxygen atoms in total. The summed E-state index contributed by atoms with van der Waals surface area (Å²) in [6.45, 7) is 2.15. The molecular formula is C24H30ClN3O2. The molecule has 0 aromatic heterocycles. The molecule has 0 radical (unpaired) electrons. The summed E-state index contributed by atoms with van der Waals surface area (Å²) in [4.78, 5) is 15.0. The average molecular weight is 428 g/mol. The lowest BCUT2D eigenvalue weighted by Crippen LogP contribution is -2.60. The van der Waals surface area contributed by atoms with Crippen molar-refractivity contribution in [1.29, 1.82) is 0 Å². The maximum absolute atomic E-state index is 12.7. The molecule has 30 heavy (non-hydrogen) atoms. The molecule has 10 atom stereocenters. The predicted octanol–water partition coefficient (Wildman–Crippen LogP) is 3.12. The summed E-state index contributed by atoms with van der Waals surface area (Å²) >= 11 is 6.37. The number of anilines is 1. The maximum atomic E-state index is 12.7. The molecule has 6 heteroatoms. The van der Waals surface area contributed by atoms with E-state index in [1.165, 1.54) is 12.8 Å². The van der Waals surface area contributed by atoms with E-state index >= 15 is 0 Å². The Bertz CT molecular complexity index is 904. The van der Waals surface area contributed by atoms with Crippen LogP contribution >= 0.6 is 11.6 Å². The fourth-order valence-corrected chi connectivity index (χ4v) is 9.70. The van der Waals surface area contributed by atoms with Crippen molar-refractivity contribution in [2.24, 2.45) is 47.3 Å². The number of para-hydroxylation sites is 1. The van der Waals surface area contributed by atoms with Crippen molar-refractivity contribution < 1.29 is 9.90 Å². The van der Waals surface area contributed by atoms with Crippen LogP contribution in [0.5, 0.6) is 0 Å². The third-order valence-electron chi connectivity index (χ3n) is 10.0. The van der Waals surface area contributed by atoms with Gasteiger partial charge in [-0.1, -0.05) is 23.7 Å². The first-order chi connectivity index (χ1) is 14.6. The van der Waals surface area contributed by atoms with Crippen LogP contribution in [0.3, 0.4) is 0 Å². The third kappa shape index (κ3) is 2.16. The highest BCUT2D eigenvalue weighted by Gasteiger charge is 2.84. The first kappa shape index (κ1) is 18.1. The Kier molecular flexibility index (Phi) is 3.67. The normalized spacial score (nSPS) is 48.9. The van der Waals surface area contributed by atoms with Gasteiger partial charge in [0.25, 0.3) is 0 Å². The van der Waals surface area contributed by atoms with Gasteiger partial charge >= 0.3 is 6.03 Å². The Morgan fingerprint density at radius 3 is 2.80 bits per heavy atom. The second kappa shape index (κ2) is 6.07. The number of hydrogen-bond acceptors (Lipinski definition) is 3. The average Bonchev–Trinajstić information content (AvgIpc) is 3.26. The van der Waals surface area contributed by atoms with Gasteiger partial charge < -0.3 is 20.6 Å². The van der Waals surface area contributed by atoms with Gasteiger partial charge in [-0.25, -0.2) is 4.79 Å². The summed E-state index contributed by atoms with van der Waals surface area (Å²) in [6.07, 6.45) is 4.71. The number of fused-ring (bicyclic) bond motifs is 2. The molecule has 2 bridgehead atoms. The molecule has 6 fully saturated rings. The molecule has 1 aliphatic heterocycles. The van der Waals surface area contributed by atoms with Crippen LogP contribution in [0.4, 0.5) is 10.5 Å². The zero-order chi connectivity index (χ0) is 20.2. The fourth-order valence-electron chi connectivity index (χ4n) is 9.44. The van der Waals surface area contributed by atoms with Crippen LogP contribution in [-0.2, 0) is 0 Å². The van der Waals surface area contributed by atoms with Gasteiger partial charge in [0.1, 0.15) is 0 Å². The van der Waals surface area contributed by atoms with E-state index in [1.807, 2.05) is 24.3 Å². The molecular weight excluding hydrogens is 398 g/mol. The number of carbonyl (C=O) groups excluding carboxylic acids is 1. The molecule has 10 unspecified atom stereocenters. The highest BCUT2D eigenvalue weighted by atomic mass is 35.5. The molecule has 3 N–H and O–H groups in total.